The van der Waals surface area contributed by atoms with Gasteiger partial charge in [0.2, 0.25) is 0 Å². The van der Waals surface area contributed by atoms with Gasteiger partial charge in [-0.15, -0.1) is 0 Å². The molecule has 0 aromatic heterocycles. The Balaban J connectivity index is 2.87. The average Bonchev–Trinajstić information content (AvgIpc) is 2.36. The zero-order valence-corrected chi connectivity index (χ0v) is 13.9. The smallest absolute Gasteiger partial charge is 0.181 e. The first-order chi connectivity index (χ1) is 8.88. The van der Waals surface area contributed by atoms with Crippen LogP contribution in [0.15, 0.2) is 18.2 Å². The molecule has 5 heteroatoms. The minimum absolute atomic E-state index is 0.0251. The zero-order valence-electron chi connectivity index (χ0n) is 11.6. The summed E-state index contributed by atoms with van der Waals surface area (Å²) >= 11 is 13.7. The fourth-order valence-corrected chi connectivity index (χ4v) is 3.06. The second-order valence-electron chi connectivity index (χ2n) is 4.63. The van der Waals surface area contributed by atoms with Crippen LogP contribution in [-0.2, 0) is 0 Å². The van der Waals surface area contributed by atoms with Crippen LogP contribution in [0.2, 0.25) is 10.0 Å². The summed E-state index contributed by atoms with van der Waals surface area (Å²) in [6.07, 6.45) is 2.06. The summed E-state index contributed by atoms with van der Waals surface area (Å²) in [5.74, 6) is 1.01. The summed E-state index contributed by atoms with van der Waals surface area (Å²) in [7, 11) is 1.97. The molecule has 1 rings (SSSR count). The molecule has 0 bridgehead atoms. The van der Waals surface area contributed by atoms with E-state index in [1.165, 1.54) is 0 Å². The molecule has 19 heavy (non-hydrogen) atoms. The molecular formula is C14H19Cl2NOS. The lowest BCUT2D eigenvalue weighted by molar-refractivity contribution is 0.0839. The molecule has 0 aliphatic heterocycles. The summed E-state index contributed by atoms with van der Waals surface area (Å²) in [6.45, 7) is 4.02. The minimum Gasteiger partial charge on any atom is -0.293 e. The van der Waals surface area contributed by atoms with Gasteiger partial charge in [0.25, 0.3) is 0 Å². The van der Waals surface area contributed by atoms with Gasteiger partial charge in [-0.2, -0.15) is 11.8 Å². The van der Waals surface area contributed by atoms with Gasteiger partial charge in [0.05, 0.1) is 11.1 Å². The number of rotatable bonds is 6. The molecule has 0 fully saturated rings. The predicted molar refractivity (Wildman–Crippen MR) is 85.9 cm³/mol. The summed E-state index contributed by atoms with van der Waals surface area (Å²) in [5, 5.41) is 0.952. The van der Waals surface area contributed by atoms with E-state index in [9.17, 15) is 4.79 Å². The molecule has 0 saturated heterocycles. The highest BCUT2D eigenvalue weighted by molar-refractivity contribution is 7.98. The van der Waals surface area contributed by atoms with Gasteiger partial charge in [-0.25, -0.2) is 0 Å². The van der Waals surface area contributed by atoms with Gasteiger partial charge in [-0.1, -0.05) is 23.2 Å². The van der Waals surface area contributed by atoms with Crippen molar-refractivity contribution in [1.82, 2.24) is 4.90 Å². The number of hydrogen-bond donors (Lipinski definition) is 0. The van der Waals surface area contributed by atoms with Crippen LogP contribution in [-0.4, -0.2) is 41.8 Å². The van der Waals surface area contributed by atoms with E-state index in [1.54, 1.807) is 30.0 Å². The van der Waals surface area contributed by atoms with Crippen LogP contribution in [0.25, 0.3) is 0 Å². The van der Waals surface area contributed by atoms with Crippen molar-refractivity contribution in [1.29, 1.82) is 0 Å². The van der Waals surface area contributed by atoms with Crippen molar-refractivity contribution in [2.75, 3.05) is 19.1 Å². The molecule has 2 nitrogen and oxygen atoms in total. The first kappa shape index (κ1) is 16.8. The molecule has 0 saturated carbocycles. The third-order valence-corrected chi connectivity index (χ3v) is 4.65. The molecular weight excluding hydrogens is 301 g/mol. The SMILES string of the molecule is CSCC(C)N(C)C(C)C(=O)c1ccc(Cl)cc1Cl. The van der Waals surface area contributed by atoms with E-state index < -0.39 is 0 Å². The summed E-state index contributed by atoms with van der Waals surface area (Å²) in [4.78, 5) is 14.5. The Labute approximate surface area is 129 Å². The number of ketones is 1. The zero-order chi connectivity index (χ0) is 14.6. The summed E-state index contributed by atoms with van der Waals surface area (Å²) < 4.78 is 0. The summed E-state index contributed by atoms with van der Waals surface area (Å²) in [5.41, 5.74) is 0.529. The van der Waals surface area contributed by atoms with Crippen molar-refractivity contribution >= 4 is 40.7 Å². The van der Waals surface area contributed by atoms with Crippen LogP contribution < -0.4 is 0 Å². The van der Waals surface area contributed by atoms with Crippen molar-refractivity contribution in [2.24, 2.45) is 0 Å². The van der Waals surface area contributed by atoms with E-state index >= 15 is 0 Å². The number of hydrogen-bond acceptors (Lipinski definition) is 3. The highest BCUT2D eigenvalue weighted by Gasteiger charge is 2.24. The maximum Gasteiger partial charge on any atom is 0.181 e. The van der Waals surface area contributed by atoms with Gasteiger partial charge >= 0.3 is 0 Å². The Kier molecular flexibility index (Phi) is 6.67. The van der Waals surface area contributed by atoms with Gasteiger partial charge in [-0.3, -0.25) is 9.69 Å². The molecule has 0 spiro atoms. The lowest BCUT2D eigenvalue weighted by Crippen LogP contribution is -2.42. The number of Topliss-reactive ketones (excluding diaryl/α,β-unsaturated/α-hetero) is 1. The number of likely N-dealkylation sites (N-methyl/N-ethyl adjacent to an activating group) is 1. The van der Waals surface area contributed by atoms with E-state index in [0.29, 0.717) is 21.7 Å². The molecule has 0 aliphatic rings. The third-order valence-electron chi connectivity index (χ3n) is 3.29. The first-order valence-corrected chi connectivity index (χ1v) is 8.23. The second-order valence-corrected chi connectivity index (χ2v) is 6.39. The fourth-order valence-electron chi connectivity index (χ4n) is 1.84. The lowest BCUT2D eigenvalue weighted by atomic mass is 10.0. The van der Waals surface area contributed by atoms with Gasteiger partial charge in [0.15, 0.2) is 5.78 Å². The number of carbonyl (C=O) groups excluding carboxylic acids is 1. The van der Waals surface area contributed by atoms with E-state index in [-0.39, 0.29) is 11.8 Å². The van der Waals surface area contributed by atoms with E-state index in [0.717, 1.165) is 5.75 Å². The van der Waals surface area contributed by atoms with E-state index in [4.69, 9.17) is 23.2 Å². The Hall–Kier alpha value is -0.220. The Bertz CT molecular complexity index is 453. The summed E-state index contributed by atoms with van der Waals surface area (Å²) in [6, 6.07) is 5.12. The van der Waals surface area contributed by atoms with E-state index in [1.807, 2.05) is 14.0 Å². The molecule has 0 N–H and O–H groups in total. The third kappa shape index (κ3) is 4.38. The largest absolute Gasteiger partial charge is 0.293 e. The maximum atomic E-state index is 12.5. The topological polar surface area (TPSA) is 20.3 Å². The Morgan fingerprint density at radius 3 is 2.53 bits per heavy atom. The number of nitrogens with zero attached hydrogens (tertiary/aromatic N) is 1. The highest BCUT2D eigenvalue weighted by Crippen LogP contribution is 2.23. The monoisotopic (exact) mass is 319 g/mol. The van der Waals surface area contributed by atoms with Crippen LogP contribution in [0.4, 0.5) is 0 Å². The van der Waals surface area contributed by atoms with Crippen molar-refractivity contribution in [3.8, 4) is 0 Å². The Morgan fingerprint density at radius 2 is 2.00 bits per heavy atom. The van der Waals surface area contributed by atoms with Crippen LogP contribution in [0.5, 0.6) is 0 Å². The molecule has 0 amide bonds. The number of benzene rings is 1. The first-order valence-electron chi connectivity index (χ1n) is 6.08. The predicted octanol–water partition coefficient (Wildman–Crippen LogP) is 4.25. The molecule has 1 aromatic carbocycles. The van der Waals surface area contributed by atoms with Crippen LogP contribution in [0.1, 0.15) is 24.2 Å². The van der Waals surface area contributed by atoms with E-state index in [2.05, 4.69) is 18.1 Å². The van der Waals surface area contributed by atoms with Crippen LogP contribution >= 0.6 is 35.0 Å². The van der Waals surface area contributed by atoms with Crippen molar-refractivity contribution in [3.63, 3.8) is 0 Å². The molecule has 106 valence electrons. The minimum atomic E-state index is -0.208. The van der Waals surface area contributed by atoms with Crippen molar-refractivity contribution < 1.29 is 4.79 Å². The van der Waals surface area contributed by atoms with Gasteiger partial charge in [-0.05, 0) is 45.4 Å². The number of carbonyl (C=O) groups is 1. The second kappa shape index (κ2) is 7.53. The molecule has 1 aromatic rings. The normalized spacial score (nSPS) is 14.5. The van der Waals surface area contributed by atoms with Crippen molar-refractivity contribution in [2.45, 2.75) is 25.9 Å². The average molecular weight is 320 g/mol. The maximum absolute atomic E-state index is 12.5. The lowest BCUT2D eigenvalue weighted by Gasteiger charge is -2.29. The molecule has 0 radical (unpaired) electrons. The quantitative estimate of drug-likeness (QED) is 0.731. The van der Waals surface area contributed by atoms with Crippen LogP contribution in [0, 0.1) is 0 Å². The molecule has 0 aliphatic carbocycles. The van der Waals surface area contributed by atoms with Crippen molar-refractivity contribution in [3.05, 3.63) is 33.8 Å². The van der Waals surface area contributed by atoms with Crippen LogP contribution in [0.3, 0.4) is 0 Å². The fraction of sp³-hybridized carbons (Fsp3) is 0.500. The molecule has 0 heterocycles. The highest BCUT2D eigenvalue weighted by atomic mass is 35.5. The molecule has 2 atom stereocenters. The molecule has 2 unspecified atom stereocenters. The number of thioether (sulfide) groups is 1. The van der Waals surface area contributed by atoms with Gasteiger partial charge in [0.1, 0.15) is 0 Å². The standard InChI is InChI=1S/C14H19Cl2NOS/c1-9(8-19-4)17(3)10(2)14(18)12-6-5-11(15)7-13(12)16/h5-7,9-10H,8H2,1-4H3. The Morgan fingerprint density at radius 1 is 1.37 bits per heavy atom. The number of halogens is 2. The van der Waals surface area contributed by atoms with Gasteiger partial charge in [0, 0.05) is 22.4 Å². The van der Waals surface area contributed by atoms with Gasteiger partial charge < -0.3 is 0 Å².